The molecule has 1 aromatic carbocycles. The topological polar surface area (TPSA) is 60.2 Å². The van der Waals surface area contributed by atoms with E-state index in [0.717, 1.165) is 12.0 Å². The van der Waals surface area contributed by atoms with E-state index < -0.39 is 4.92 Å². The summed E-state index contributed by atoms with van der Waals surface area (Å²) in [5, 5.41) is 10.6. The van der Waals surface area contributed by atoms with E-state index in [9.17, 15) is 14.9 Å². The molecule has 0 saturated heterocycles. The number of nitrogens with zero attached hydrogens (tertiary/aromatic N) is 1. The molecule has 1 atom stereocenters. The van der Waals surface area contributed by atoms with Gasteiger partial charge in [0, 0.05) is 24.1 Å². The van der Waals surface area contributed by atoms with E-state index in [2.05, 4.69) is 0 Å². The van der Waals surface area contributed by atoms with Gasteiger partial charge in [-0.25, -0.2) is 0 Å². The highest BCUT2D eigenvalue weighted by molar-refractivity contribution is 5.99. The van der Waals surface area contributed by atoms with Crippen LogP contribution in [0.1, 0.15) is 29.3 Å². The van der Waals surface area contributed by atoms with E-state index in [1.165, 1.54) is 12.1 Å². The molecule has 0 aromatic heterocycles. The lowest BCUT2D eigenvalue weighted by Gasteiger charge is -2.19. The van der Waals surface area contributed by atoms with Crippen LogP contribution in [0.3, 0.4) is 0 Å². The zero-order chi connectivity index (χ0) is 11.0. The maximum Gasteiger partial charge on any atom is 0.270 e. The first-order valence-corrected chi connectivity index (χ1v) is 4.88. The van der Waals surface area contributed by atoms with Gasteiger partial charge in [-0.1, -0.05) is 13.0 Å². The summed E-state index contributed by atoms with van der Waals surface area (Å²) in [7, 11) is 0. The Balaban J connectivity index is 2.48. The molecule has 0 fully saturated rings. The fraction of sp³-hybridized carbons (Fsp3) is 0.364. The number of nitro groups is 1. The third-order valence-corrected chi connectivity index (χ3v) is 2.71. The summed E-state index contributed by atoms with van der Waals surface area (Å²) >= 11 is 0. The smallest absolute Gasteiger partial charge is 0.270 e. The monoisotopic (exact) mass is 205 g/mol. The van der Waals surface area contributed by atoms with E-state index in [1.807, 2.05) is 6.92 Å². The summed E-state index contributed by atoms with van der Waals surface area (Å²) in [5.41, 5.74) is 1.46. The highest BCUT2D eigenvalue weighted by Crippen LogP contribution is 2.28. The molecule has 1 aromatic rings. The van der Waals surface area contributed by atoms with Crippen LogP contribution < -0.4 is 0 Å². The van der Waals surface area contributed by atoms with E-state index in [4.69, 9.17) is 0 Å². The van der Waals surface area contributed by atoms with Crippen molar-refractivity contribution in [1.82, 2.24) is 0 Å². The van der Waals surface area contributed by atoms with Crippen molar-refractivity contribution >= 4 is 11.5 Å². The Kier molecular flexibility index (Phi) is 2.26. The second kappa shape index (κ2) is 3.46. The standard InChI is InChI=1S/C11H11NO3/c1-7-4-8-2-3-9(12(14)15)6-10(8)11(13)5-7/h2-3,6-7H,4-5H2,1H3. The number of Topliss-reactive ketones (excluding diaryl/α,β-unsaturated/α-hetero) is 1. The van der Waals surface area contributed by atoms with Gasteiger partial charge in [-0.2, -0.15) is 0 Å². The van der Waals surface area contributed by atoms with Gasteiger partial charge in [-0.3, -0.25) is 14.9 Å². The van der Waals surface area contributed by atoms with E-state index >= 15 is 0 Å². The molecular weight excluding hydrogens is 194 g/mol. The maximum atomic E-state index is 11.6. The van der Waals surface area contributed by atoms with Gasteiger partial charge in [-0.05, 0) is 17.9 Å². The van der Waals surface area contributed by atoms with E-state index in [-0.39, 0.29) is 11.5 Å². The van der Waals surface area contributed by atoms with Gasteiger partial charge in [0.1, 0.15) is 0 Å². The number of benzene rings is 1. The molecule has 4 nitrogen and oxygen atoms in total. The van der Waals surface area contributed by atoms with Gasteiger partial charge in [0.15, 0.2) is 5.78 Å². The number of nitro benzene ring substituents is 1. The molecule has 1 unspecified atom stereocenters. The predicted octanol–water partition coefficient (Wildman–Crippen LogP) is 2.36. The lowest BCUT2D eigenvalue weighted by atomic mass is 9.84. The van der Waals surface area contributed by atoms with Crippen molar-refractivity contribution < 1.29 is 9.72 Å². The maximum absolute atomic E-state index is 11.6. The molecular formula is C11H11NO3. The summed E-state index contributed by atoms with van der Waals surface area (Å²) in [6, 6.07) is 4.55. The van der Waals surface area contributed by atoms with Crippen LogP contribution in [0, 0.1) is 16.0 Å². The third-order valence-electron chi connectivity index (χ3n) is 2.71. The molecule has 4 heteroatoms. The third kappa shape index (κ3) is 1.75. The molecule has 0 amide bonds. The largest absolute Gasteiger partial charge is 0.294 e. The normalized spacial score (nSPS) is 19.8. The Bertz CT molecular complexity index is 439. The van der Waals surface area contributed by atoms with Crippen LogP contribution in [0.4, 0.5) is 5.69 Å². The zero-order valence-corrected chi connectivity index (χ0v) is 8.40. The number of fused-ring (bicyclic) bond motifs is 1. The fourth-order valence-electron chi connectivity index (χ4n) is 1.99. The number of carbonyl (C=O) groups is 1. The second-order valence-corrected chi connectivity index (χ2v) is 4.04. The van der Waals surface area contributed by atoms with Crippen LogP contribution >= 0.6 is 0 Å². The van der Waals surface area contributed by atoms with Gasteiger partial charge in [0.25, 0.3) is 5.69 Å². The van der Waals surface area contributed by atoms with Crippen molar-refractivity contribution in [1.29, 1.82) is 0 Å². The summed E-state index contributed by atoms with van der Waals surface area (Å²) < 4.78 is 0. The number of ketones is 1. The molecule has 0 radical (unpaired) electrons. The fourth-order valence-corrected chi connectivity index (χ4v) is 1.99. The highest BCUT2D eigenvalue weighted by Gasteiger charge is 2.24. The van der Waals surface area contributed by atoms with Crippen LogP contribution in [-0.2, 0) is 6.42 Å². The Morgan fingerprint density at radius 3 is 2.80 bits per heavy atom. The SMILES string of the molecule is CC1CC(=O)c2cc([N+](=O)[O-])ccc2C1. The number of hydrogen-bond acceptors (Lipinski definition) is 3. The molecule has 78 valence electrons. The lowest BCUT2D eigenvalue weighted by Crippen LogP contribution is -2.17. The first-order valence-electron chi connectivity index (χ1n) is 4.88. The predicted molar refractivity (Wildman–Crippen MR) is 54.9 cm³/mol. The highest BCUT2D eigenvalue weighted by atomic mass is 16.6. The van der Waals surface area contributed by atoms with E-state index in [1.54, 1.807) is 6.07 Å². The molecule has 0 spiro atoms. The van der Waals surface area contributed by atoms with Gasteiger partial charge >= 0.3 is 0 Å². The Labute approximate surface area is 87.1 Å². The Hall–Kier alpha value is -1.71. The van der Waals surface area contributed by atoms with Gasteiger partial charge < -0.3 is 0 Å². The van der Waals surface area contributed by atoms with Crippen LogP contribution in [0.2, 0.25) is 0 Å². The lowest BCUT2D eigenvalue weighted by molar-refractivity contribution is -0.384. The van der Waals surface area contributed by atoms with Crippen LogP contribution in [-0.4, -0.2) is 10.7 Å². The van der Waals surface area contributed by atoms with Crippen LogP contribution in [0.15, 0.2) is 18.2 Å². The second-order valence-electron chi connectivity index (χ2n) is 4.04. The molecule has 0 saturated carbocycles. The van der Waals surface area contributed by atoms with Crippen molar-refractivity contribution in [3.8, 4) is 0 Å². The molecule has 1 aliphatic rings. The molecule has 1 aliphatic carbocycles. The van der Waals surface area contributed by atoms with E-state index in [0.29, 0.717) is 17.9 Å². The Morgan fingerprint density at radius 2 is 2.13 bits per heavy atom. The summed E-state index contributed by atoms with van der Waals surface area (Å²) in [4.78, 5) is 21.7. The molecule has 15 heavy (non-hydrogen) atoms. The average Bonchev–Trinajstić information content (AvgIpc) is 2.16. The molecule has 0 N–H and O–H groups in total. The number of rotatable bonds is 1. The van der Waals surface area contributed by atoms with Crippen molar-refractivity contribution in [2.45, 2.75) is 19.8 Å². The quantitative estimate of drug-likeness (QED) is 0.522. The zero-order valence-electron chi connectivity index (χ0n) is 8.40. The first kappa shape index (κ1) is 9.83. The van der Waals surface area contributed by atoms with Crippen LogP contribution in [0.5, 0.6) is 0 Å². The van der Waals surface area contributed by atoms with Gasteiger partial charge in [0.05, 0.1) is 4.92 Å². The molecule has 2 rings (SSSR count). The van der Waals surface area contributed by atoms with Crippen molar-refractivity contribution in [2.24, 2.45) is 5.92 Å². The number of non-ortho nitro benzene ring substituents is 1. The van der Waals surface area contributed by atoms with Crippen molar-refractivity contribution in [3.05, 3.63) is 39.4 Å². The summed E-state index contributed by atoms with van der Waals surface area (Å²) in [6.07, 6.45) is 1.33. The molecule has 0 bridgehead atoms. The minimum atomic E-state index is -0.467. The number of carbonyl (C=O) groups excluding carboxylic acids is 1. The van der Waals surface area contributed by atoms with Crippen molar-refractivity contribution in [3.63, 3.8) is 0 Å². The molecule has 0 aliphatic heterocycles. The molecule has 0 heterocycles. The van der Waals surface area contributed by atoms with Crippen LogP contribution in [0.25, 0.3) is 0 Å². The average molecular weight is 205 g/mol. The van der Waals surface area contributed by atoms with Gasteiger partial charge in [0.2, 0.25) is 0 Å². The summed E-state index contributed by atoms with van der Waals surface area (Å²) in [5.74, 6) is 0.360. The van der Waals surface area contributed by atoms with Gasteiger partial charge in [-0.15, -0.1) is 0 Å². The minimum Gasteiger partial charge on any atom is -0.294 e. The van der Waals surface area contributed by atoms with Crippen molar-refractivity contribution in [2.75, 3.05) is 0 Å². The summed E-state index contributed by atoms with van der Waals surface area (Å²) in [6.45, 7) is 2.02. The number of hydrogen-bond donors (Lipinski definition) is 0. The minimum absolute atomic E-state index is 0.00310. The Morgan fingerprint density at radius 1 is 1.40 bits per heavy atom. The first-order chi connectivity index (χ1) is 7.08.